The van der Waals surface area contributed by atoms with Crippen LogP contribution in [-0.2, 0) is 4.79 Å². The number of halogens is 2. The van der Waals surface area contributed by atoms with E-state index >= 15 is 0 Å². The van der Waals surface area contributed by atoms with Crippen molar-refractivity contribution in [1.29, 1.82) is 0 Å². The van der Waals surface area contributed by atoms with E-state index in [1.165, 1.54) is 45.1 Å². The molecule has 0 bridgehead atoms. The molecule has 182 valence electrons. The number of hydrazine groups is 1. The van der Waals surface area contributed by atoms with Gasteiger partial charge in [-0.3, -0.25) is 10.2 Å². The molecule has 32 heavy (non-hydrogen) atoms. The fourth-order valence-corrected chi connectivity index (χ4v) is 8.72. The van der Waals surface area contributed by atoms with Crippen molar-refractivity contribution in [1.82, 2.24) is 20.7 Å². The zero-order valence-electron chi connectivity index (χ0n) is 19.3. The highest BCUT2D eigenvalue weighted by molar-refractivity contribution is 6.30. The number of fused-ring (bicyclic) bond motifs is 3. The minimum absolute atomic E-state index is 0.00573. The Morgan fingerprint density at radius 1 is 1.09 bits per heavy atom. The summed E-state index contributed by atoms with van der Waals surface area (Å²) >= 11 is 13.7. The quantitative estimate of drug-likeness (QED) is 0.532. The lowest BCUT2D eigenvalue weighted by Crippen LogP contribution is -2.55. The molecule has 0 radical (unpaired) electrons. The Kier molecular flexibility index (Phi) is 7.28. The van der Waals surface area contributed by atoms with Gasteiger partial charge in [0.15, 0.2) is 0 Å². The Hall–Kier alpha value is -0.110. The first kappa shape index (κ1) is 23.6. The predicted octanol–water partition coefficient (Wildman–Crippen LogP) is 2.57. The maximum atomic E-state index is 12.4. The Morgan fingerprint density at radius 2 is 1.88 bits per heavy atom. The van der Waals surface area contributed by atoms with E-state index in [2.05, 4.69) is 22.7 Å². The molecular weight excluding hydrogens is 447 g/mol. The van der Waals surface area contributed by atoms with E-state index in [9.17, 15) is 9.90 Å². The van der Waals surface area contributed by atoms with Gasteiger partial charge in [0, 0.05) is 43.8 Å². The van der Waals surface area contributed by atoms with Gasteiger partial charge in [-0.2, -0.15) is 0 Å². The smallest absolute Gasteiger partial charge is 0.248 e. The summed E-state index contributed by atoms with van der Waals surface area (Å²) in [6.45, 7) is 4.82. The number of hydrogen-bond donors (Lipinski definition) is 3. The van der Waals surface area contributed by atoms with Crippen LogP contribution in [0.4, 0.5) is 0 Å². The van der Waals surface area contributed by atoms with Gasteiger partial charge in [0.05, 0.1) is 10.8 Å². The minimum atomic E-state index is -0.399. The first-order valence-corrected chi connectivity index (χ1v) is 13.8. The molecule has 5 rings (SSSR count). The van der Waals surface area contributed by atoms with Crippen molar-refractivity contribution in [2.24, 2.45) is 23.7 Å². The van der Waals surface area contributed by atoms with Crippen LogP contribution in [0.15, 0.2) is 0 Å². The number of carbonyl (C=O) groups excluding carboxylic acids is 1. The summed E-state index contributed by atoms with van der Waals surface area (Å²) in [6.07, 6.45) is 9.62. The Morgan fingerprint density at radius 3 is 2.56 bits per heavy atom. The van der Waals surface area contributed by atoms with Crippen LogP contribution in [0.5, 0.6) is 0 Å². The second kappa shape index (κ2) is 9.87. The van der Waals surface area contributed by atoms with E-state index in [0.717, 1.165) is 25.3 Å². The number of amides is 1. The van der Waals surface area contributed by atoms with Gasteiger partial charge < -0.3 is 15.3 Å². The lowest BCUT2D eigenvalue weighted by atomic mass is 9.64. The Balaban J connectivity index is 1.28. The standard InChI is InChI=1S/C24H40Cl2N4O2/c1-14-21-19(7-10-29(14)20(32)13-31)28-24-22(21)16(12-18(25)23(24)26)11-15-3-5-17(6-4-15)30-9-2-8-27-30/h14-19,21-24,27-28,31H,2-13H2,1H3/t14-,15?,16?,17?,18?,19?,21?,22?,23?,24?/m0/s1. The number of alkyl halides is 2. The third kappa shape index (κ3) is 4.33. The van der Waals surface area contributed by atoms with E-state index in [0.29, 0.717) is 36.4 Å². The largest absolute Gasteiger partial charge is 0.387 e. The number of aliphatic hydroxyl groups excluding tert-OH is 1. The highest BCUT2D eigenvalue weighted by atomic mass is 35.5. The van der Waals surface area contributed by atoms with Crippen LogP contribution < -0.4 is 10.7 Å². The molecular formula is C24H40Cl2N4O2. The number of carbonyl (C=O) groups is 1. The maximum absolute atomic E-state index is 12.4. The predicted molar refractivity (Wildman–Crippen MR) is 128 cm³/mol. The van der Waals surface area contributed by atoms with Crippen LogP contribution in [0.3, 0.4) is 0 Å². The van der Waals surface area contributed by atoms with Crippen molar-refractivity contribution < 1.29 is 9.90 Å². The van der Waals surface area contributed by atoms with Crippen molar-refractivity contribution in [3.05, 3.63) is 0 Å². The lowest BCUT2D eigenvalue weighted by Gasteiger charge is -2.48. The number of likely N-dealkylation sites (tertiary alicyclic amines) is 1. The van der Waals surface area contributed by atoms with E-state index in [1.54, 1.807) is 0 Å². The van der Waals surface area contributed by atoms with Crippen molar-refractivity contribution in [3.8, 4) is 0 Å². The van der Waals surface area contributed by atoms with Crippen LogP contribution in [0, 0.1) is 23.7 Å². The molecule has 2 aliphatic carbocycles. The van der Waals surface area contributed by atoms with Crippen LogP contribution >= 0.6 is 23.2 Å². The third-order valence-corrected chi connectivity index (χ3v) is 10.6. The van der Waals surface area contributed by atoms with Gasteiger partial charge in [0.2, 0.25) is 5.91 Å². The highest BCUT2D eigenvalue weighted by Crippen LogP contribution is 2.51. The third-order valence-electron chi connectivity index (χ3n) is 9.46. The van der Waals surface area contributed by atoms with Gasteiger partial charge in [-0.05, 0) is 82.0 Å². The fraction of sp³-hybridized carbons (Fsp3) is 0.958. The first-order valence-electron chi connectivity index (χ1n) is 12.9. The molecule has 0 aromatic carbocycles. The monoisotopic (exact) mass is 486 g/mol. The van der Waals surface area contributed by atoms with Crippen LogP contribution in [-0.4, -0.2) is 82.1 Å². The number of nitrogens with zero attached hydrogens (tertiary/aromatic N) is 2. The molecule has 3 N–H and O–H groups in total. The summed E-state index contributed by atoms with van der Waals surface area (Å²) in [6, 6.07) is 1.45. The molecule has 0 spiro atoms. The summed E-state index contributed by atoms with van der Waals surface area (Å²) in [5, 5.41) is 15.8. The fourth-order valence-electron chi connectivity index (χ4n) is 7.99. The molecule has 8 atom stereocenters. The van der Waals surface area contributed by atoms with Crippen molar-refractivity contribution >= 4 is 29.1 Å². The number of piperidine rings is 1. The van der Waals surface area contributed by atoms with Crippen molar-refractivity contribution in [2.75, 3.05) is 26.2 Å². The van der Waals surface area contributed by atoms with Crippen LogP contribution in [0.2, 0.25) is 0 Å². The topological polar surface area (TPSA) is 67.8 Å². The highest BCUT2D eigenvalue weighted by Gasteiger charge is 2.57. The molecule has 2 saturated carbocycles. The molecule has 8 heteroatoms. The lowest BCUT2D eigenvalue weighted by molar-refractivity contribution is -0.140. The van der Waals surface area contributed by atoms with Gasteiger partial charge in [0.25, 0.3) is 0 Å². The molecule has 3 saturated heterocycles. The number of nitrogens with one attached hydrogen (secondary N) is 2. The molecule has 3 aliphatic heterocycles. The van der Waals surface area contributed by atoms with Gasteiger partial charge in [-0.25, -0.2) is 5.01 Å². The van der Waals surface area contributed by atoms with E-state index in [-0.39, 0.29) is 28.7 Å². The zero-order chi connectivity index (χ0) is 22.4. The van der Waals surface area contributed by atoms with Gasteiger partial charge >= 0.3 is 0 Å². The van der Waals surface area contributed by atoms with Gasteiger partial charge in [0.1, 0.15) is 6.61 Å². The molecule has 1 amide bonds. The Bertz CT molecular complexity index is 670. The first-order chi connectivity index (χ1) is 15.5. The molecule has 0 aromatic heterocycles. The summed E-state index contributed by atoms with van der Waals surface area (Å²) in [5.74, 6) is 2.03. The summed E-state index contributed by atoms with van der Waals surface area (Å²) < 4.78 is 0. The number of hydrogen-bond acceptors (Lipinski definition) is 5. The molecule has 6 nitrogen and oxygen atoms in total. The van der Waals surface area contributed by atoms with Crippen molar-refractivity contribution in [2.45, 2.75) is 93.2 Å². The normalized spacial score (nSPS) is 47.3. The summed E-state index contributed by atoms with van der Waals surface area (Å²) in [4.78, 5) is 14.3. The average Bonchev–Trinajstić information content (AvgIpc) is 3.46. The van der Waals surface area contributed by atoms with E-state index < -0.39 is 6.61 Å². The number of aliphatic hydroxyl groups is 1. The summed E-state index contributed by atoms with van der Waals surface area (Å²) in [7, 11) is 0. The van der Waals surface area contributed by atoms with Crippen molar-refractivity contribution in [3.63, 3.8) is 0 Å². The molecule has 5 aliphatic rings. The molecule has 5 fully saturated rings. The summed E-state index contributed by atoms with van der Waals surface area (Å²) in [5.41, 5.74) is 3.56. The van der Waals surface area contributed by atoms with Gasteiger partial charge in [-0.1, -0.05) is 0 Å². The molecule has 3 heterocycles. The second-order valence-electron chi connectivity index (χ2n) is 11.0. The minimum Gasteiger partial charge on any atom is -0.387 e. The van der Waals surface area contributed by atoms with Crippen LogP contribution in [0.1, 0.15) is 58.3 Å². The SMILES string of the molecule is C[C@H]1C2C(CCN1C(=O)CO)NC1C(Cl)C(Cl)CC(CC3CCC(N4CCCN4)CC3)C12. The van der Waals surface area contributed by atoms with Gasteiger partial charge in [-0.15, -0.1) is 23.2 Å². The van der Waals surface area contributed by atoms with E-state index in [4.69, 9.17) is 23.2 Å². The van der Waals surface area contributed by atoms with E-state index in [1.807, 2.05) is 4.90 Å². The second-order valence-corrected chi connectivity index (χ2v) is 12.1. The zero-order valence-corrected chi connectivity index (χ0v) is 20.8. The number of rotatable bonds is 4. The van der Waals surface area contributed by atoms with Crippen LogP contribution in [0.25, 0.3) is 0 Å². The molecule has 0 aromatic rings. The average molecular weight is 488 g/mol. The molecule has 7 unspecified atom stereocenters. The maximum Gasteiger partial charge on any atom is 0.248 e. The Labute approximate surface area is 202 Å².